The Morgan fingerprint density at radius 3 is 2.13 bits per heavy atom. The Bertz CT molecular complexity index is 388. The van der Waals surface area contributed by atoms with E-state index >= 15 is 0 Å². The van der Waals surface area contributed by atoms with Crippen LogP contribution in [0.15, 0.2) is 12.2 Å². The lowest BCUT2D eigenvalue weighted by atomic mass is 9.81. The topological polar surface area (TPSA) is 57.7 Å². The van der Waals surface area contributed by atoms with Crippen LogP contribution in [0.2, 0.25) is 0 Å². The summed E-state index contributed by atoms with van der Waals surface area (Å²) in [6, 6.07) is -0.992. The molecule has 0 aromatic heterocycles. The number of fused-ring (bicyclic) bond motifs is 1. The summed E-state index contributed by atoms with van der Waals surface area (Å²) >= 11 is 0. The molecule has 1 aliphatic carbocycles. The molecule has 1 heterocycles. The van der Waals surface area contributed by atoms with E-state index in [4.69, 9.17) is 0 Å². The lowest BCUT2D eigenvalue weighted by Crippen LogP contribution is -2.49. The fraction of sp³-hybridized carbons (Fsp3) is 0.500. The van der Waals surface area contributed by atoms with Crippen LogP contribution in [0.1, 0.15) is 20.3 Å². The van der Waals surface area contributed by atoms with Gasteiger partial charge in [0.2, 0.25) is 11.8 Å². The molecule has 2 aliphatic rings. The van der Waals surface area contributed by atoms with Crippen molar-refractivity contribution in [3.63, 3.8) is 0 Å². The lowest BCUT2D eigenvalue weighted by Gasteiger charge is -2.37. The minimum atomic E-state index is -0.511. The summed E-state index contributed by atoms with van der Waals surface area (Å²) in [4.78, 5) is 36.6. The number of carbonyl (C=O) groups excluding carboxylic acids is 3. The summed E-state index contributed by atoms with van der Waals surface area (Å²) < 4.78 is 0. The van der Waals surface area contributed by atoms with Gasteiger partial charge in [0.25, 0.3) is 0 Å². The third kappa shape index (κ3) is 1.12. The number of urea groups is 1. The van der Waals surface area contributed by atoms with Gasteiger partial charge in [-0.15, -0.1) is 0 Å². The zero-order valence-corrected chi connectivity index (χ0v) is 8.69. The molecule has 0 aromatic rings. The highest BCUT2D eigenvalue weighted by Gasteiger charge is 2.56. The van der Waals surface area contributed by atoms with Crippen molar-refractivity contribution in [2.24, 2.45) is 0 Å². The fourth-order valence-corrected chi connectivity index (χ4v) is 2.28. The second kappa shape index (κ2) is 2.92. The number of imide groups is 2. The lowest BCUT2D eigenvalue weighted by molar-refractivity contribution is -0.127. The number of amides is 4. The number of nitrogens with zero attached hydrogens (tertiary/aromatic N) is 2. The summed E-state index contributed by atoms with van der Waals surface area (Å²) in [6.07, 6.45) is 0.611. The van der Waals surface area contributed by atoms with Gasteiger partial charge >= 0.3 is 6.03 Å². The van der Waals surface area contributed by atoms with Gasteiger partial charge in [0, 0.05) is 13.8 Å². The number of hydrogen-bond acceptors (Lipinski definition) is 3. The predicted molar refractivity (Wildman–Crippen MR) is 51.8 cm³/mol. The van der Waals surface area contributed by atoms with Gasteiger partial charge in [-0.05, 0) is 6.42 Å². The highest BCUT2D eigenvalue weighted by molar-refractivity contribution is 6.04. The molecule has 2 rings (SSSR count). The summed E-state index contributed by atoms with van der Waals surface area (Å²) in [5.41, 5.74) is 0.840. The molecule has 2 fully saturated rings. The first-order valence-electron chi connectivity index (χ1n) is 4.76. The van der Waals surface area contributed by atoms with E-state index in [1.54, 1.807) is 0 Å². The van der Waals surface area contributed by atoms with E-state index < -0.39 is 6.03 Å². The molecule has 0 aromatic carbocycles. The van der Waals surface area contributed by atoms with Crippen LogP contribution in [0, 0.1) is 0 Å². The number of rotatable bonds is 0. The molecule has 15 heavy (non-hydrogen) atoms. The second-order valence-corrected chi connectivity index (χ2v) is 3.94. The quantitative estimate of drug-likeness (QED) is 0.545. The van der Waals surface area contributed by atoms with Crippen LogP contribution in [0.5, 0.6) is 0 Å². The van der Waals surface area contributed by atoms with E-state index in [-0.39, 0.29) is 23.9 Å². The molecule has 4 amide bonds. The Kier molecular flexibility index (Phi) is 1.92. The van der Waals surface area contributed by atoms with Gasteiger partial charge in [0.15, 0.2) is 0 Å². The molecule has 5 nitrogen and oxygen atoms in total. The zero-order chi connectivity index (χ0) is 11.3. The minimum Gasteiger partial charge on any atom is -0.275 e. The molecule has 0 N–H and O–H groups in total. The molecule has 0 radical (unpaired) electrons. The molecule has 2 unspecified atom stereocenters. The first-order chi connectivity index (χ1) is 6.95. The smallest absolute Gasteiger partial charge is 0.275 e. The number of carbonyl (C=O) groups is 3. The summed E-state index contributed by atoms with van der Waals surface area (Å²) in [5, 5.41) is 0. The Labute approximate surface area is 87.3 Å². The fourth-order valence-electron chi connectivity index (χ4n) is 2.28. The highest BCUT2D eigenvalue weighted by Crippen LogP contribution is 2.40. The van der Waals surface area contributed by atoms with Crippen molar-refractivity contribution in [3.05, 3.63) is 12.2 Å². The summed E-state index contributed by atoms with van der Waals surface area (Å²) in [7, 11) is 0. The van der Waals surface area contributed by atoms with Crippen molar-refractivity contribution < 1.29 is 14.4 Å². The zero-order valence-electron chi connectivity index (χ0n) is 8.69. The first-order valence-corrected chi connectivity index (χ1v) is 4.76. The minimum absolute atomic E-state index is 0.189. The van der Waals surface area contributed by atoms with E-state index in [2.05, 4.69) is 6.58 Å². The molecule has 1 aliphatic heterocycles. The third-order valence-electron chi connectivity index (χ3n) is 2.95. The van der Waals surface area contributed by atoms with Crippen LogP contribution >= 0.6 is 0 Å². The largest absolute Gasteiger partial charge is 0.334 e. The standard InChI is InChI=1S/C10H12N2O3/c1-5-4-8-9(5)12(7(3)14)10(15)11(8)6(2)13/h8-9H,1,4H2,2-3H3. The molecular weight excluding hydrogens is 196 g/mol. The van der Waals surface area contributed by atoms with Gasteiger partial charge in [-0.2, -0.15) is 0 Å². The van der Waals surface area contributed by atoms with Crippen LogP contribution in [0.4, 0.5) is 4.79 Å². The van der Waals surface area contributed by atoms with Gasteiger partial charge in [-0.3, -0.25) is 19.4 Å². The average molecular weight is 208 g/mol. The van der Waals surface area contributed by atoms with Crippen LogP contribution in [0.3, 0.4) is 0 Å². The monoisotopic (exact) mass is 208 g/mol. The number of hydrogen-bond donors (Lipinski definition) is 0. The maximum atomic E-state index is 11.8. The Balaban J connectivity index is 2.36. The van der Waals surface area contributed by atoms with Crippen molar-refractivity contribution in [2.45, 2.75) is 32.4 Å². The van der Waals surface area contributed by atoms with E-state index in [1.807, 2.05) is 0 Å². The maximum absolute atomic E-state index is 11.8. The first kappa shape index (κ1) is 9.89. The van der Waals surface area contributed by atoms with E-state index in [1.165, 1.54) is 13.8 Å². The Morgan fingerprint density at radius 1 is 1.27 bits per heavy atom. The molecule has 0 spiro atoms. The van der Waals surface area contributed by atoms with Crippen LogP contribution in [0.25, 0.3) is 0 Å². The van der Waals surface area contributed by atoms with Crippen molar-refractivity contribution in [1.29, 1.82) is 0 Å². The molecule has 1 saturated heterocycles. The van der Waals surface area contributed by atoms with Crippen LogP contribution in [-0.4, -0.2) is 39.7 Å². The highest BCUT2D eigenvalue weighted by atomic mass is 16.2. The van der Waals surface area contributed by atoms with Crippen molar-refractivity contribution in [2.75, 3.05) is 0 Å². The summed E-state index contributed by atoms with van der Waals surface area (Å²) in [6.45, 7) is 6.44. The van der Waals surface area contributed by atoms with Crippen molar-refractivity contribution in [3.8, 4) is 0 Å². The molecule has 5 heteroatoms. The molecule has 2 atom stereocenters. The van der Waals surface area contributed by atoms with Gasteiger partial charge in [-0.1, -0.05) is 12.2 Å². The van der Waals surface area contributed by atoms with Gasteiger partial charge in [-0.25, -0.2) is 4.79 Å². The molecule has 80 valence electrons. The maximum Gasteiger partial charge on any atom is 0.334 e. The van der Waals surface area contributed by atoms with Gasteiger partial charge in [0.1, 0.15) is 0 Å². The van der Waals surface area contributed by atoms with E-state index in [0.717, 1.165) is 15.4 Å². The average Bonchev–Trinajstić information content (AvgIpc) is 2.34. The molecule has 1 saturated carbocycles. The second-order valence-electron chi connectivity index (χ2n) is 3.94. The normalized spacial score (nSPS) is 28.9. The van der Waals surface area contributed by atoms with E-state index in [9.17, 15) is 14.4 Å². The Hall–Kier alpha value is -1.65. The van der Waals surface area contributed by atoms with Crippen molar-refractivity contribution >= 4 is 17.8 Å². The Morgan fingerprint density at radius 2 is 1.80 bits per heavy atom. The predicted octanol–water partition coefficient (Wildman–Crippen LogP) is 0.514. The molecular formula is C10H12N2O3. The van der Waals surface area contributed by atoms with Crippen molar-refractivity contribution in [1.82, 2.24) is 9.80 Å². The SMILES string of the molecule is C=C1CC2C1N(C(C)=O)C(=O)N2C(C)=O. The summed E-state index contributed by atoms with van der Waals surface area (Å²) in [5.74, 6) is -0.647. The van der Waals surface area contributed by atoms with Crippen LogP contribution in [-0.2, 0) is 9.59 Å². The molecule has 0 bridgehead atoms. The van der Waals surface area contributed by atoms with Gasteiger partial charge in [0.05, 0.1) is 12.1 Å². The third-order valence-corrected chi connectivity index (χ3v) is 2.95. The van der Waals surface area contributed by atoms with E-state index in [0.29, 0.717) is 6.42 Å². The van der Waals surface area contributed by atoms with Gasteiger partial charge < -0.3 is 0 Å². The van der Waals surface area contributed by atoms with Crippen LogP contribution < -0.4 is 0 Å².